The standard InChI is InChI=1S/C11H20F3NO/c1-7(15)6-8-2-4-9(5-3-8)10(16)11(12,13)14/h7-10,16H,2-6,15H2,1H3. The topological polar surface area (TPSA) is 46.2 Å². The lowest BCUT2D eigenvalue weighted by atomic mass is 9.77. The number of aliphatic hydroxyl groups excluding tert-OH is 1. The molecule has 5 heteroatoms. The fourth-order valence-electron chi connectivity index (χ4n) is 2.53. The van der Waals surface area contributed by atoms with E-state index in [1.807, 2.05) is 6.92 Å². The Morgan fingerprint density at radius 3 is 2.12 bits per heavy atom. The van der Waals surface area contributed by atoms with Crippen molar-refractivity contribution in [3.05, 3.63) is 0 Å². The summed E-state index contributed by atoms with van der Waals surface area (Å²) in [5.41, 5.74) is 5.66. The van der Waals surface area contributed by atoms with Crippen LogP contribution in [0.2, 0.25) is 0 Å². The van der Waals surface area contributed by atoms with Gasteiger partial charge in [0.15, 0.2) is 6.10 Å². The van der Waals surface area contributed by atoms with Crippen molar-refractivity contribution in [3.63, 3.8) is 0 Å². The first-order chi connectivity index (χ1) is 7.30. The van der Waals surface area contributed by atoms with E-state index in [9.17, 15) is 13.2 Å². The molecule has 1 aliphatic carbocycles. The summed E-state index contributed by atoms with van der Waals surface area (Å²) in [5.74, 6) is -0.194. The summed E-state index contributed by atoms with van der Waals surface area (Å²) >= 11 is 0. The predicted molar refractivity (Wildman–Crippen MR) is 55.8 cm³/mol. The first kappa shape index (κ1) is 13.8. The third-order valence-corrected chi connectivity index (χ3v) is 3.38. The Balaban J connectivity index is 2.37. The molecule has 2 nitrogen and oxygen atoms in total. The molecular weight excluding hydrogens is 219 g/mol. The Morgan fingerprint density at radius 1 is 1.25 bits per heavy atom. The van der Waals surface area contributed by atoms with E-state index in [1.165, 1.54) is 0 Å². The van der Waals surface area contributed by atoms with Crippen LogP contribution in [0.15, 0.2) is 0 Å². The van der Waals surface area contributed by atoms with Crippen LogP contribution in [0, 0.1) is 11.8 Å². The number of rotatable bonds is 3. The summed E-state index contributed by atoms with van der Waals surface area (Å²) in [6, 6.07) is 0.106. The second-order valence-corrected chi connectivity index (χ2v) is 4.98. The average Bonchev–Trinajstić information content (AvgIpc) is 2.15. The van der Waals surface area contributed by atoms with Gasteiger partial charge in [-0.25, -0.2) is 0 Å². The first-order valence-corrected chi connectivity index (χ1v) is 5.81. The van der Waals surface area contributed by atoms with Crippen molar-refractivity contribution >= 4 is 0 Å². The molecule has 2 unspecified atom stereocenters. The summed E-state index contributed by atoms with van der Waals surface area (Å²) in [5, 5.41) is 9.13. The average molecular weight is 239 g/mol. The number of nitrogens with two attached hydrogens (primary N) is 1. The van der Waals surface area contributed by atoms with Crippen LogP contribution in [0.1, 0.15) is 39.0 Å². The smallest absolute Gasteiger partial charge is 0.383 e. The molecule has 0 aromatic carbocycles. The maximum Gasteiger partial charge on any atom is 0.414 e. The lowest BCUT2D eigenvalue weighted by molar-refractivity contribution is -0.222. The third-order valence-electron chi connectivity index (χ3n) is 3.38. The molecule has 0 spiro atoms. The molecule has 0 bridgehead atoms. The number of hydrogen-bond donors (Lipinski definition) is 2. The monoisotopic (exact) mass is 239 g/mol. The maximum absolute atomic E-state index is 12.3. The van der Waals surface area contributed by atoms with Crippen molar-refractivity contribution in [3.8, 4) is 0 Å². The minimum Gasteiger partial charge on any atom is -0.383 e. The van der Waals surface area contributed by atoms with Gasteiger partial charge in [-0.2, -0.15) is 13.2 Å². The molecule has 0 radical (unpaired) electrons. The zero-order chi connectivity index (χ0) is 12.3. The SMILES string of the molecule is CC(N)CC1CCC(C(O)C(F)(F)F)CC1. The lowest BCUT2D eigenvalue weighted by Crippen LogP contribution is -2.38. The normalized spacial score (nSPS) is 31.1. The molecule has 2 atom stereocenters. The maximum atomic E-state index is 12.3. The van der Waals surface area contributed by atoms with Crippen LogP contribution in [-0.4, -0.2) is 23.4 Å². The van der Waals surface area contributed by atoms with Gasteiger partial charge in [-0.15, -0.1) is 0 Å². The molecule has 0 saturated heterocycles. The van der Waals surface area contributed by atoms with Crippen molar-refractivity contribution in [2.45, 2.75) is 57.3 Å². The van der Waals surface area contributed by atoms with Crippen molar-refractivity contribution in [2.24, 2.45) is 17.6 Å². The molecule has 0 aliphatic heterocycles. The van der Waals surface area contributed by atoms with Gasteiger partial charge in [0, 0.05) is 6.04 Å². The van der Waals surface area contributed by atoms with Crippen LogP contribution in [0.4, 0.5) is 13.2 Å². The van der Waals surface area contributed by atoms with Crippen molar-refractivity contribution in [1.82, 2.24) is 0 Å². The van der Waals surface area contributed by atoms with Gasteiger partial charge in [0.25, 0.3) is 0 Å². The van der Waals surface area contributed by atoms with Crippen LogP contribution in [0.3, 0.4) is 0 Å². The second kappa shape index (κ2) is 5.36. The molecule has 16 heavy (non-hydrogen) atoms. The van der Waals surface area contributed by atoms with Crippen LogP contribution in [0.5, 0.6) is 0 Å². The lowest BCUT2D eigenvalue weighted by Gasteiger charge is -2.32. The van der Waals surface area contributed by atoms with Gasteiger partial charge in [-0.3, -0.25) is 0 Å². The molecule has 1 fully saturated rings. The molecule has 1 saturated carbocycles. The molecule has 3 N–H and O–H groups in total. The van der Waals surface area contributed by atoms with Gasteiger partial charge < -0.3 is 10.8 Å². The fourth-order valence-corrected chi connectivity index (χ4v) is 2.53. The number of alkyl halides is 3. The minimum atomic E-state index is -4.47. The van der Waals surface area contributed by atoms with Crippen LogP contribution in [-0.2, 0) is 0 Å². The van der Waals surface area contributed by atoms with E-state index in [1.54, 1.807) is 0 Å². The molecule has 0 heterocycles. The van der Waals surface area contributed by atoms with Crippen LogP contribution in [0.25, 0.3) is 0 Å². The highest BCUT2D eigenvalue weighted by atomic mass is 19.4. The number of aliphatic hydroxyl groups is 1. The van der Waals surface area contributed by atoms with Gasteiger partial charge in [-0.05, 0) is 38.0 Å². The summed E-state index contributed by atoms with van der Waals surface area (Å²) in [4.78, 5) is 0. The Kier molecular flexibility index (Phi) is 4.62. The van der Waals surface area contributed by atoms with Gasteiger partial charge >= 0.3 is 6.18 Å². The van der Waals surface area contributed by atoms with E-state index in [0.29, 0.717) is 18.8 Å². The Morgan fingerprint density at radius 2 is 1.75 bits per heavy atom. The first-order valence-electron chi connectivity index (χ1n) is 5.81. The van der Waals surface area contributed by atoms with Crippen molar-refractivity contribution in [2.75, 3.05) is 0 Å². The Labute approximate surface area is 94.0 Å². The zero-order valence-electron chi connectivity index (χ0n) is 9.50. The largest absolute Gasteiger partial charge is 0.414 e. The molecule has 0 aromatic rings. The molecule has 1 rings (SSSR count). The number of hydrogen-bond acceptors (Lipinski definition) is 2. The summed E-state index contributed by atoms with van der Waals surface area (Å²) in [6.45, 7) is 1.91. The zero-order valence-corrected chi connectivity index (χ0v) is 9.50. The fraction of sp³-hybridized carbons (Fsp3) is 1.00. The van der Waals surface area contributed by atoms with Gasteiger partial charge in [0.2, 0.25) is 0 Å². The van der Waals surface area contributed by atoms with E-state index in [-0.39, 0.29) is 6.04 Å². The summed E-state index contributed by atoms with van der Waals surface area (Å²) in [6.07, 6.45) is -3.34. The Bertz CT molecular complexity index is 210. The number of halogens is 3. The van der Waals surface area contributed by atoms with E-state index in [2.05, 4.69) is 0 Å². The second-order valence-electron chi connectivity index (χ2n) is 4.98. The van der Waals surface area contributed by atoms with E-state index in [4.69, 9.17) is 10.8 Å². The van der Waals surface area contributed by atoms with Crippen LogP contribution < -0.4 is 5.73 Å². The van der Waals surface area contributed by atoms with E-state index in [0.717, 1.165) is 19.3 Å². The third kappa shape index (κ3) is 3.94. The summed E-state index contributed by atoms with van der Waals surface area (Å²) in [7, 11) is 0. The highest BCUT2D eigenvalue weighted by Gasteiger charge is 2.44. The highest BCUT2D eigenvalue weighted by molar-refractivity contribution is 4.82. The minimum absolute atomic E-state index is 0.106. The quantitative estimate of drug-likeness (QED) is 0.794. The molecular formula is C11H20F3NO. The highest BCUT2D eigenvalue weighted by Crippen LogP contribution is 2.37. The Hall–Kier alpha value is -0.290. The van der Waals surface area contributed by atoms with E-state index >= 15 is 0 Å². The van der Waals surface area contributed by atoms with Gasteiger partial charge in [0.05, 0.1) is 0 Å². The molecule has 1 aliphatic rings. The van der Waals surface area contributed by atoms with Gasteiger partial charge in [-0.1, -0.05) is 12.8 Å². The molecule has 0 amide bonds. The summed E-state index contributed by atoms with van der Waals surface area (Å²) < 4.78 is 36.8. The van der Waals surface area contributed by atoms with Crippen molar-refractivity contribution in [1.29, 1.82) is 0 Å². The molecule has 0 aromatic heterocycles. The molecule has 96 valence electrons. The van der Waals surface area contributed by atoms with Gasteiger partial charge in [0.1, 0.15) is 0 Å². The predicted octanol–water partition coefficient (Wildman–Crippen LogP) is 2.45. The van der Waals surface area contributed by atoms with E-state index < -0.39 is 18.2 Å². The van der Waals surface area contributed by atoms with Crippen LogP contribution >= 0.6 is 0 Å². The van der Waals surface area contributed by atoms with Crippen molar-refractivity contribution < 1.29 is 18.3 Å².